The number of hydrogen-bond acceptors (Lipinski definition) is 6. The number of alkyl carbamates (subject to hydrolysis) is 1. The highest BCUT2D eigenvalue weighted by Crippen LogP contribution is 2.18. The highest BCUT2D eigenvalue weighted by molar-refractivity contribution is 6.05. The summed E-state index contributed by atoms with van der Waals surface area (Å²) in [6.07, 6.45) is 5.13. The number of carbonyl (C=O) groups excluding carboxylic acids is 4. The van der Waals surface area contributed by atoms with E-state index in [-0.39, 0.29) is 30.7 Å². The second-order valence-electron chi connectivity index (χ2n) is 10.3. The lowest BCUT2D eigenvalue weighted by Crippen LogP contribution is -2.28. The second-order valence-corrected chi connectivity index (χ2v) is 10.3. The lowest BCUT2D eigenvalue weighted by atomic mass is 10.2. The van der Waals surface area contributed by atoms with Crippen LogP contribution in [0.1, 0.15) is 52.2 Å². The van der Waals surface area contributed by atoms with Crippen molar-refractivity contribution in [3.8, 4) is 0 Å². The summed E-state index contributed by atoms with van der Waals surface area (Å²) in [5.41, 5.74) is 2.69. The van der Waals surface area contributed by atoms with Crippen LogP contribution in [0.3, 0.4) is 0 Å². The third kappa shape index (κ3) is 10.4. The number of amides is 4. The number of nitrogens with one attached hydrogen (secondary N) is 4. The average Bonchev–Trinajstić information content (AvgIpc) is 3.51. The molecular formula is C30H41N7O5. The Labute approximate surface area is 246 Å². The molecule has 0 atom stereocenters. The van der Waals surface area contributed by atoms with Gasteiger partial charge in [-0.1, -0.05) is 30.3 Å². The molecule has 0 aliphatic carbocycles. The van der Waals surface area contributed by atoms with Crippen LogP contribution >= 0.6 is 0 Å². The first-order valence-electron chi connectivity index (χ1n) is 13.9. The zero-order valence-corrected chi connectivity index (χ0v) is 24.7. The number of ether oxygens (including phenoxy) is 1. The van der Waals surface area contributed by atoms with Crippen LogP contribution in [-0.2, 0) is 30.2 Å². The van der Waals surface area contributed by atoms with E-state index in [1.165, 1.54) is 0 Å². The van der Waals surface area contributed by atoms with Gasteiger partial charge in [0.25, 0.3) is 11.8 Å². The van der Waals surface area contributed by atoms with Gasteiger partial charge >= 0.3 is 6.09 Å². The van der Waals surface area contributed by atoms with Gasteiger partial charge in [0.15, 0.2) is 0 Å². The van der Waals surface area contributed by atoms with Gasteiger partial charge in [-0.05, 0) is 57.6 Å². The van der Waals surface area contributed by atoms with Gasteiger partial charge in [0, 0.05) is 46.0 Å². The molecule has 2 aromatic heterocycles. The fraction of sp³-hybridized carbons (Fsp3) is 0.400. The molecule has 0 aliphatic heterocycles. The highest BCUT2D eigenvalue weighted by Gasteiger charge is 2.17. The van der Waals surface area contributed by atoms with Gasteiger partial charge in [-0.3, -0.25) is 14.4 Å². The molecule has 0 fully saturated rings. The molecule has 4 N–H and O–H groups in total. The molecule has 0 unspecified atom stereocenters. The first kappa shape index (κ1) is 31.9. The van der Waals surface area contributed by atoms with Crippen LogP contribution in [0.25, 0.3) is 0 Å². The van der Waals surface area contributed by atoms with Crippen molar-refractivity contribution in [1.82, 2.24) is 24.7 Å². The highest BCUT2D eigenvalue weighted by atomic mass is 16.5. The van der Waals surface area contributed by atoms with Gasteiger partial charge in [-0.15, -0.1) is 0 Å². The molecule has 1 aromatic carbocycles. The van der Waals surface area contributed by atoms with Crippen molar-refractivity contribution in [1.29, 1.82) is 0 Å². The van der Waals surface area contributed by atoms with E-state index in [1.807, 2.05) is 44.4 Å². The third-order valence-electron chi connectivity index (χ3n) is 6.40. The van der Waals surface area contributed by atoms with Crippen molar-refractivity contribution < 1.29 is 23.9 Å². The van der Waals surface area contributed by atoms with Gasteiger partial charge in [-0.25, -0.2) is 4.79 Å². The Hall–Kier alpha value is -4.58. The number of benzene rings is 1. The molecule has 0 radical (unpaired) electrons. The van der Waals surface area contributed by atoms with E-state index in [0.29, 0.717) is 48.7 Å². The van der Waals surface area contributed by atoms with Gasteiger partial charge in [0.05, 0.1) is 11.4 Å². The standard InChI is InChI=1S/C30H41N7O5/c1-35(2)16-10-15-31-28(39)25-18-24(20-36(25)3)34-29(40)26-17-23(19-37(26)4)33-27(38)13-8-9-14-32-30(41)42-21-22-11-6-5-7-12-22/h5-7,11-12,17-20H,8-10,13-16,21H2,1-4H3,(H,31,39)(H,32,41)(H,33,38)(H,34,40). The molecule has 0 aliphatic rings. The van der Waals surface area contributed by atoms with Crippen LogP contribution in [0.15, 0.2) is 54.9 Å². The smallest absolute Gasteiger partial charge is 0.407 e. The lowest BCUT2D eigenvalue weighted by molar-refractivity contribution is -0.116. The summed E-state index contributed by atoms with van der Waals surface area (Å²) in [6.45, 7) is 2.03. The summed E-state index contributed by atoms with van der Waals surface area (Å²) < 4.78 is 8.45. The zero-order chi connectivity index (χ0) is 30.5. The average molecular weight is 580 g/mol. The van der Waals surface area contributed by atoms with E-state index in [4.69, 9.17) is 4.74 Å². The monoisotopic (exact) mass is 579 g/mol. The summed E-state index contributed by atoms with van der Waals surface area (Å²) in [4.78, 5) is 51.7. The number of aromatic nitrogens is 2. The molecule has 226 valence electrons. The van der Waals surface area contributed by atoms with Gasteiger partial charge < -0.3 is 40.0 Å². The van der Waals surface area contributed by atoms with Crippen molar-refractivity contribution >= 4 is 35.2 Å². The molecule has 4 amide bonds. The molecule has 12 heteroatoms. The molecule has 0 spiro atoms. The molecular weight excluding hydrogens is 538 g/mol. The molecule has 3 rings (SSSR count). The number of rotatable bonds is 15. The minimum absolute atomic E-state index is 0.191. The van der Waals surface area contributed by atoms with E-state index in [9.17, 15) is 19.2 Å². The molecule has 0 saturated carbocycles. The van der Waals surface area contributed by atoms with Crippen molar-refractivity contribution in [2.24, 2.45) is 14.1 Å². The van der Waals surface area contributed by atoms with Crippen molar-refractivity contribution in [3.05, 3.63) is 71.8 Å². The first-order chi connectivity index (χ1) is 20.1. The van der Waals surface area contributed by atoms with Crippen LogP contribution in [-0.4, -0.2) is 71.6 Å². The molecule has 3 aromatic rings. The van der Waals surface area contributed by atoms with E-state index >= 15 is 0 Å². The quantitative estimate of drug-likeness (QED) is 0.204. The van der Waals surface area contributed by atoms with E-state index in [0.717, 1.165) is 18.5 Å². The predicted octanol–water partition coefficient (Wildman–Crippen LogP) is 3.33. The Kier molecular flexibility index (Phi) is 12.2. The van der Waals surface area contributed by atoms with E-state index in [2.05, 4.69) is 26.2 Å². The minimum atomic E-state index is -0.496. The molecule has 2 heterocycles. The fourth-order valence-electron chi connectivity index (χ4n) is 4.20. The summed E-state index contributed by atoms with van der Waals surface area (Å²) in [6, 6.07) is 12.6. The Morgan fingerprint density at radius 1 is 0.786 bits per heavy atom. The van der Waals surface area contributed by atoms with Gasteiger partial charge in [-0.2, -0.15) is 0 Å². The summed E-state index contributed by atoms with van der Waals surface area (Å²) >= 11 is 0. The largest absolute Gasteiger partial charge is 0.445 e. The molecule has 42 heavy (non-hydrogen) atoms. The number of unbranched alkanes of at least 4 members (excludes halogenated alkanes) is 1. The second kappa shape index (κ2) is 16.0. The number of hydrogen-bond donors (Lipinski definition) is 4. The maximum absolute atomic E-state index is 12.9. The summed E-state index contributed by atoms with van der Waals surface area (Å²) in [7, 11) is 7.42. The molecule has 0 bridgehead atoms. The lowest BCUT2D eigenvalue weighted by Gasteiger charge is -2.10. The SMILES string of the molecule is CN(C)CCCNC(=O)c1cc(NC(=O)c2cc(NC(=O)CCCCNC(=O)OCc3ccccc3)cn2C)cn1C. The Balaban J connectivity index is 1.38. The number of anilines is 2. The Morgan fingerprint density at radius 3 is 2.07 bits per heavy atom. The molecule has 12 nitrogen and oxygen atoms in total. The summed E-state index contributed by atoms with van der Waals surface area (Å²) in [5, 5.41) is 11.2. The minimum Gasteiger partial charge on any atom is -0.445 e. The van der Waals surface area contributed by atoms with Crippen molar-refractivity contribution in [2.75, 3.05) is 44.4 Å². The number of carbonyl (C=O) groups is 4. The third-order valence-corrected chi connectivity index (χ3v) is 6.40. The maximum atomic E-state index is 12.9. The Bertz CT molecular complexity index is 1350. The first-order valence-corrected chi connectivity index (χ1v) is 13.9. The fourth-order valence-corrected chi connectivity index (χ4v) is 4.20. The van der Waals surface area contributed by atoms with Crippen LogP contribution < -0.4 is 21.3 Å². The van der Waals surface area contributed by atoms with Crippen LogP contribution in [0.4, 0.5) is 16.2 Å². The van der Waals surface area contributed by atoms with Crippen LogP contribution in [0, 0.1) is 0 Å². The van der Waals surface area contributed by atoms with Gasteiger partial charge in [0.2, 0.25) is 5.91 Å². The Morgan fingerprint density at radius 2 is 1.40 bits per heavy atom. The van der Waals surface area contributed by atoms with Gasteiger partial charge in [0.1, 0.15) is 18.0 Å². The number of aryl methyl sites for hydroxylation is 2. The van der Waals surface area contributed by atoms with Crippen molar-refractivity contribution in [3.63, 3.8) is 0 Å². The normalized spacial score (nSPS) is 10.8. The maximum Gasteiger partial charge on any atom is 0.407 e. The van der Waals surface area contributed by atoms with E-state index < -0.39 is 6.09 Å². The molecule has 0 saturated heterocycles. The predicted molar refractivity (Wildman–Crippen MR) is 161 cm³/mol. The number of nitrogens with zero attached hydrogens (tertiary/aromatic N) is 3. The van der Waals surface area contributed by atoms with Crippen LogP contribution in [0.5, 0.6) is 0 Å². The van der Waals surface area contributed by atoms with Crippen molar-refractivity contribution in [2.45, 2.75) is 32.3 Å². The van der Waals surface area contributed by atoms with Crippen LogP contribution in [0.2, 0.25) is 0 Å². The van der Waals surface area contributed by atoms with E-state index in [1.54, 1.807) is 47.8 Å². The topological polar surface area (TPSA) is 139 Å². The summed E-state index contributed by atoms with van der Waals surface area (Å²) in [5.74, 6) is -0.769. The zero-order valence-electron chi connectivity index (χ0n) is 24.7.